The first-order valence-corrected chi connectivity index (χ1v) is 34.7. The minimum absolute atomic E-state index is 0.0170. The fraction of sp³-hybridized carbons (Fsp3) is 0.742. The number of carbonyl (C=O) groups is 16. The lowest BCUT2D eigenvalue weighted by Crippen LogP contribution is -2.43. The summed E-state index contributed by atoms with van der Waals surface area (Å²) in [5, 5.41) is 82.5. The summed E-state index contributed by atoms with van der Waals surface area (Å²) in [4.78, 5) is 181. The maximum atomic E-state index is 11.6. The van der Waals surface area contributed by atoms with Crippen LogP contribution in [0.2, 0.25) is 0 Å². The number of amides is 6. The van der Waals surface area contributed by atoms with Crippen LogP contribution in [0.4, 0.5) is 0 Å². The SMILES string of the molecule is NCCN(CCN)CCN.NCCN(CCN)CCN.NCCN(CCN)CCNC(=O)CCC(=O)O.NCCN(CCNC(=O)CCC(=O)O)CCNC(=O)CCC(=O)O.O=C(O)CCC(=O)NCCN(CCNC(=O)CCC(=O)O)CCNC(=O)CCC(=O)O.O=C(O)CCC(=O)O.O=C1CCC(=O)O1. The summed E-state index contributed by atoms with van der Waals surface area (Å²) in [5.41, 5.74) is 48.6. The van der Waals surface area contributed by atoms with Gasteiger partial charge in [0.25, 0.3) is 0 Å². The molecular weight excluding hydrogens is 1420 g/mol. The highest BCUT2D eigenvalue weighted by Crippen LogP contribution is 2.04. The number of esters is 2. The Labute approximate surface area is 622 Å². The molecule has 45 heteroatoms. The zero-order valence-corrected chi connectivity index (χ0v) is 61.5. The van der Waals surface area contributed by atoms with Gasteiger partial charge in [-0.3, -0.25) is 101 Å². The van der Waals surface area contributed by atoms with E-state index in [0.29, 0.717) is 124 Å². The number of ether oxygens (including phenoxy) is 1. The lowest BCUT2D eigenvalue weighted by Gasteiger charge is -2.23. The Bertz CT molecular complexity index is 2300. The molecular formula is C62H124N20O25. The second kappa shape index (κ2) is 78.2. The van der Waals surface area contributed by atoms with E-state index in [-0.39, 0.29) is 140 Å². The van der Waals surface area contributed by atoms with Crippen LogP contribution >= 0.6 is 0 Å². The number of hydrogen-bond donors (Lipinski definition) is 23. The predicted octanol–water partition coefficient (Wildman–Crippen LogP) is -9.26. The van der Waals surface area contributed by atoms with E-state index in [1.807, 2.05) is 9.80 Å². The number of carboxylic acids is 8. The number of nitrogens with two attached hydrogens (primary N) is 9. The normalized spacial score (nSPS) is 11.0. The van der Waals surface area contributed by atoms with Crippen LogP contribution in [0.1, 0.15) is 103 Å². The molecule has 107 heavy (non-hydrogen) atoms. The topological polar surface area (TPSA) is 767 Å². The van der Waals surface area contributed by atoms with Crippen molar-refractivity contribution in [2.45, 2.75) is 103 Å². The molecule has 1 saturated heterocycles. The van der Waals surface area contributed by atoms with Crippen LogP contribution in [0.3, 0.4) is 0 Å². The number of nitrogens with one attached hydrogen (secondary N) is 6. The lowest BCUT2D eigenvalue weighted by molar-refractivity contribution is -0.152. The van der Waals surface area contributed by atoms with Crippen molar-refractivity contribution in [1.82, 2.24) is 56.4 Å². The Hall–Kier alpha value is -8.84. The third kappa shape index (κ3) is 91.3. The monoisotopic (exact) mass is 1550 g/mol. The molecule has 0 unspecified atom stereocenters. The Morgan fingerprint density at radius 3 is 0.477 bits per heavy atom. The number of carbonyl (C=O) groups excluding carboxylic acids is 8. The Kier molecular flexibility index (Phi) is 79.8. The molecule has 0 bridgehead atoms. The molecule has 0 atom stereocenters. The van der Waals surface area contributed by atoms with Gasteiger partial charge in [0, 0.05) is 235 Å². The molecule has 0 aromatic heterocycles. The van der Waals surface area contributed by atoms with E-state index in [1.54, 1.807) is 0 Å². The molecule has 0 saturated carbocycles. The molecule has 0 spiro atoms. The molecule has 1 heterocycles. The van der Waals surface area contributed by atoms with Crippen LogP contribution in [0.15, 0.2) is 0 Å². The highest BCUT2D eigenvalue weighted by Gasteiger charge is 2.19. The Morgan fingerprint density at radius 1 is 0.234 bits per heavy atom. The van der Waals surface area contributed by atoms with Gasteiger partial charge in [0.05, 0.1) is 64.2 Å². The zero-order chi connectivity index (χ0) is 82.6. The molecule has 1 fully saturated rings. The summed E-state index contributed by atoms with van der Waals surface area (Å²) in [7, 11) is 0. The highest BCUT2D eigenvalue weighted by molar-refractivity contribution is 5.92. The number of aliphatic carboxylic acids is 8. The van der Waals surface area contributed by atoms with E-state index in [9.17, 15) is 76.7 Å². The van der Waals surface area contributed by atoms with Gasteiger partial charge in [-0.25, -0.2) is 0 Å². The molecule has 1 aliphatic heterocycles. The summed E-state index contributed by atoms with van der Waals surface area (Å²) in [6.45, 7) is 17.7. The molecule has 0 aromatic rings. The van der Waals surface area contributed by atoms with Gasteiger partial charge in [0.2, 0.25) is 35.4 Å². The third-order valence-corrected chi connectivity index (χ3v) is 13.2. The lowest BCUT2D eigenvalue weighted by atomic mass is 10.3. The second-order valence-electron chi connectivity index (χ2n) is 22.4. The van der Waals surface area contributed by atoms with Crippen molar-refractivity contribution in [1.29, 1.82) is 0 Å². The largest absolute Gasteiger partial charge is 0.481 e. The summed E-state index contributed by atoms with van der Waals surface area (Å²) >= 11 is 0. The van der Waals surface area contributed by atoms with Crippen molar-refractivity contribution in [3.8, 4) is 0 Å². The van der Waals surface area contributed by atoms with Crippen molar-refractivity contribution >= 4 is 95.1 Å². The first kappa shape index (κ1) is 109. The molecule has 45 nitrogen and oxygen atoms in total. The van der Waals surface area contributed by atoms with Gasteiger partial charge in [-0.1, -0.05) is 0 Å². The van der Waals surface area contributed by atoms with Gasteiger partial charge in [-0.05, 0) is 0 Å². The molecule has 0 radical (unpaired) electrons. The van der Waals surface area contributed by atoms with Crippen LogP contribution in [0, 0.1) is 0 Å². The maximum Gasteiger partial charge on any atom is 0.314 e. The van der Waals surface area contributed by atoms with Crippen molar-refractivity contribution in [3.05, 3.63) is 0 Å². The Morgan fingerprint density at radius 2 is 0.355 bits per heavy atom. The van der Waals surface area contributed by atoms with Crippen molar-refractivity contribution in [2.24, 2.45) is 51.6 Å². The van der Waals surface area contributed by atoms with Gasteiger partial charge >= 0.3 is 59.7 Å². The van der Waals surface area contributed by atoms with Gasteiger partial charge in [0.15, 0.2) is 0 Å². The van der Waals surface area contributed by atoms with E-state index in [0.717, 1.165) is 52.4 Å². The maximum absolute atomic E-state index is 11.6. The number of nitrogens with zero attached hydrogens (tertiary/aromatic N) is 5. The van der Waals surface area contributed by atoms with Crippen LogP contribution in [0.25, 0.3) is 0 Å². The van der Waals surface area contributed by atoms with Gasteiger partial charge < -0.3 is 129 Å². The summed E-state index contributed by atoms with van der Waals surface area (Å²) in [6.07, 6.45) is -2.00. The number of hydrogen-bond acceptors (Lipinski definition) is 31. The van der Waals surface area contributed by atoms with E-state index in [2.05, 4.69) is 51.3 Å². The standard InChI is InChI=1S/C18H30N4O9.C14H26N4O6.C10H22N4O3.2C6H18N4.C4H6O4.C4H4O3/c23-13(1-4-16(26)27)19-7-10-22(11-8-20-14(24)2-5-17(28)29)12-9-21-15(25)3-6-18(30)31;15-5-8-18(9-6-16-11(19)1-3-13(21)22)10-7-17-12(20)2-4-14(23)24;11-3-6-14(7-4-12)8-5-13-9(15)1-2-10(16)17;2*7-1-4-10(5-2-8)6-3-9;5-3(6)1-2-4(7)8;5-3-1-2-4(6)7-3/h1-12H2,(H,19,23)(H,20,24)(H,21,25)(H,26,27)(H,28,29)(H,30,31);1-10,15H2,(H,16,19)(H,17,20)(H,21,22)(H,23,24);1-8,11-12H2,(H,13,15)(H,16,17);2*1-9H2;1-2H2,(H,5,6)(H,7,8);1-2H2. The predicted molar refractivity (Wildman–Crippen MR) is 388 cm³/mol. The third-order valence-electron chi connectivity index (χ3n) is 13.2. The van der Waals surface area contributed by atoms with Crippen molar-refractivity contribution in [3.63, 3.8) is 0 Å². The van der Waals surface area contributed by atoms with E-state index < -0.39 is 77.4 Å². The zero-order valence-electron chi connectivity index (χ0n) is 61.5. The van der Waals surface area contributed by atoms with Crippen molar-refractivity contribution in [2.75, 3.05) is 196 Å². The summed E-state index contributed by atoms with van der Waals surface area (Å²) in [5.74, 6) is -11.3. The average molecular weight is 1550 g/mol. The molecule has 1 aliphatic rings. The number of cyclic esters (lactones) is 2. The number of rotatable bonds is 57. The van der Waals surface area contributed by atoms with Crippen LogP contribution in [-0.4, -0.2) is 357 Å². The molecule has 1 rings (SSSR count). The minimum Gasteiger partial charge on any atom is -0.481 e. The average Bonchev–Trinajstić information content (AvgIpc) is 1.84. The van der Waals surface area contributed by atoms with Crippen LogP contribution in [-0.2, 0) is 81.4 Å². The second-order valence-corrected chi connectivity index (χ2v) is 22.4. The molecule has 0 aromatic carbocycles. The van der Waals surface area contributed by atoms with Gasteiger partial charge in [0.1, 0.15) is 0 Å². The highest BCUT2D eigenvalue weighted by atomic mass is 16.6. The van der Waals surface area contributed by atoms with Crippen molar-refractivity contribution < 1.29 is 122 Å². The fourth-order valence-electron chi connectivity index (χ4n) is 7.94. The fourth-order valence-corrected chi connectivity index (χ4v) is 7.94. The van der Waals surface area contributed by atoms with E-state index >= 15 is 0 Å². The minimum atomic E-state index is -1.08. The van der Waals surface area contributed by atoms with Crippen LogP contribution < -0.4 is 83.5 Å². The number of carboxylic acid groups (broad SMARTS) is 8. The molecule has 0 aliphatic carbocycles. The quantitative estimate of drug-likeness (QED) is 0.0199. The Balaban J connectivity index is -0.000000297. The smallest absolute Gasteiger partial charge is 0.314 e. The molecule has 6 amide bonds. The van der Waals surface area contributed by atoms with Gasteiger partial charge in [-0.15, -0.1) is 0 Å². The molecule has 32 N–H and O–H groups in total. The van der Waals surface area contributed by atoms with Crippen LogP contribution in [0.5, 0.6) is 0 Å². The van der Waals surface area contributed by atoms with E-state index in [4.69, 9.17) is 92.5 Å². The summed E-state index contributed by atoms with van der Waals surface area (Å²) in [6, 6.07) is 0. The summed E-state index contributed by atoms with van der Waals surface area (Å²) < 4.78 is 4.08. The van der Waals surface area contributed by atoms with E-state index in [1.165, 1.54) is 0 Å². The first-order chi connectivity index (χ1) is 50.6. The molecule has 622 valence electrons. The first-order valence-electron chi connectivity index (χ1n) is 34.7. The van der Waals surface area contributed by atoms with Gasteiger partial charge in [-0.2, -0.15) is 0 Å².